The molecule has 2 aliphatic heterocycles. The fourth-order valence-corrected chi connectivity index (χ4v) is 6.43. The van der Waals surface area contributed by atoms with E-state index < -0.39 is 5.97 Å². The standard InChI is InChI=1S/C29H33Cl2N3O3S/c1-6-37-23(35)16-33(15-17(2)3)28(36)27-25(18(4)5)34-26(20-9-13-22(31)14-10-20)24(32-29(34)38-27)19-7-11-21(30)12-8-19/h7-14,17-18,24,26H,6,15-16H2,1-5H3/t24-,26+/m0/s1. The van der Waals surface area contributed by atoms with Gasteiger partial charge in [-0.1, -0.05) is 75.2 Å². The Morgan fingerprint density at radius 2 is 1.58 bits per heavy atom. The molecule has 0 bridgehead atoms. The van der Waals surface area contributed by atoms with Gasteiger partial charge in [0, 0.05) is 22.3 Å². The minimum atomic E-state index is -0.407. The van der Waals surface area contributed by atoms with Crippen molar-refractivity contribution in [1.29, 1.82) is 0 Å². The monoisotopic (exact) mass is 573 g/mol. The highest BCUT2D eigenvalue weighted by molar-refractivity contribution is 8.18. The second-order valence-electron chi connectivity index (χ2n) is 10.1. The van der Waals surface area contributed by atoms with Crippen LogP contribution in [0.15, 0.2) is 64.1 Å². The second kappa shape index (κ2) is 12.1. The number of carbonyl (C=O) groups is 2. The van der Waals surface area contributed by atoms with E-state index in [0.29, 0.717) is 21.5 Å². The first-order chi connectivity index (χ1) is 18.1. The van der Waals surface area contributed by atoms with E-state index in [1.165, 1.54) is 11.8 Å². The van der Waals surface area contributed by atoms with E-state index in [-0.39, 0.29) is 43.0 Å². The lowest BCUT2D eigenvalue weighted by atomic mass is 9.92. The smallest absolute Gasteiger partial charge is 0.325 e. The normalized spacial score (nSPS) is 18.8. The minimum absolute atomic E-state index is 0.0383. The van der Waals surface area contributed by atoms with Crippen LogP contribution in [0.1, 0.15) is 57.8 Å². The molecule has 0 saturated carbocycles. The summed E-state index contributed by atoms with van der Waals surface area (Å²) >= 11 is 13.8. The molecule has 0 spiro atoms. The van der Waals surface area contributed by atoms with E-state index >= 15 is 0 Å². The summed E-state index contributed by atoms with van der Waals surface area (Å²) in [5, 5.41) is 2.10. The number of aliphatic imine (C=N–C) groups is 1. The highest BCUT2D eigenvalue weighted by atomic mass is 35.5. The summed E-state index contributed by atoms with van der Waals surface area (Å²) in [4.78, 5) is 35.9. The fourth-order valence-electron chi connectivity index (χ4n) is 4.86. The van der Waals surface area contributed by atoms with Crippen LogP contribution in [0, 0.1) is 11.8 Å². The van der Waals surface area contributed by atoms with E-state index in [0.717, 1.165) is 22.0 Å². The van der Waals surface area contributed by atoms with Crippen molar-refractivity contribution in [3.63, 3.8) is 0 Å². The van der Waals surface area contributed by atoms with Gasteiger partial charge in [-0.3, -0.25) is 14.6 Å². The molecule has 2 aromatic rings. The summed E-state index contributed by atoms with van der Waals surface area (Å²) in [6, 6.07) is 15.2. The number of carbonyl (C=O) groups excluding carboxylic acids is 2. The lowest BCUT2D eigenvalue weighted by Crippen LogP contribution is -2.39. The van der Waals surface area contributed by atoms with Gasteiger partial charge >= 0.3 is 5.97 Å². The average molecular weight is 575 g/mol. The van der Waals surface area contributed by atoms with Gasteiger partial charge in [-0.2, -0.15) is 0 Å². The Kier molecular flexibility index (Phi) is 9.11. The Bertz CT molecular complexity index is 1240. The Hall–Kier alpha value is -2.48. The topological polar surface area (TPSA) is 62.2 Å². The Morgan fingerprint density at radius 1 is 1.00 bits per heavy atom. The molecule has 0 unspecified atom stereocenters. The first-order valence-electron chi connectivity index (χ1n) is 12.9. The van der Waals surface area contributed by atoms with Gasteiger partial charge in [0.15, 0.2) is 5.17 Å². The van der Waals surface area contributed by atoms with Crippen molar-refractivity contribution < 1.29 is 14.3 Å². The average Bonchev–Trinajstić information content (AvgIpc) is 3.40. The van der Waals surface area contributed by atoms with Crippen molar-refractivity contribution in [2.75, 3.05) is 19.7 Å². The Balaban J connectivity index is 1.77. The van der Waals surface area contributed by atoms with E-state index in [2.05, 4.69) is 18.7 Å². The molecule has 1 amide bonds. The summed E-state index contributed by atoms with van der Waals surface area (Å²) in [6.07, 6.45) is 0. The zero-order chi connectivity index (χ0) is 27.6. The predicted octanol–water partition coefficient (Wildman–Crippen LogP) is 7.11. The molecular formula is C29H33Cl2N3O3S. The maximum atomic E-state index is 14.0. The second-order valence-corrected chi connectivity index (χ2v) is 12.0. The van der Waals surface area contributed by atoms with Gasteiger partial charge in [0.1, 0.15) is 17.5 Å². The molecule has 0 N–H and O–H groups in total. The van der Waals surface area contributed by atoms with Crippen LogP contribution in [0.25, 0.3) is 0 Å². The van der Waals surface area contributed by atoms with Crippen LogP contribution in [0.3, 0.4) is 0 Å². The molecular weight excluding hydrogens is 541 g/mol. The van der Waals surface area contributed by atoms with Crippen molar-refractivity contribution in [2.24, 2.45) is 16.8 Å². The van der Waals surface area contributed by atoms with Crippen molar-refractivity contribution in [2.45, 2.75) is 46.7 Å². The number of halogens is 2. The summed E-state index contributed by atoms with van der Waals surface area (Å²) in [5.74, 6) is -0.348. The van der Waals surface area contributed by atoms with E-state index in [9.17, 15) is 9.59 Å². The quantitative estimate of drug-likeness (QED) is 0.299. The SMILES string of the molecule is CCOC(=O)CN(CC(C)C)C(=O)C1=C(C(C)C)N2C(=N[C@@H](c3ccc(Cl)cc3)[C@H]2c2ccc(Cl)cc2)S1. The summed E-state index contributed by atoms with van der Waals surface area (Å²) in [7, 11) is 0. The van der Waals surface area contributed by atoms with E-state index in [1.54, 1.807) is 11.8 Å². The van der Waals surface area contributed by atoms with Crippen LogP contribution in [0.4, 0.5) is 0 Å². The number of rotatable bonds is 9. The molecule has 2 heterocycles. The first-order valence-corrected chi connectivity index (χ1v) is 14.4. The molecule has 2 atom stereocenters. The van der Waals surface area contributed by atoms with Crippen LogP contribution in [-0.4, -0.2) is 46.5 Å². The van der Waals surface area contributed by atoms with Gasteiger partial charge < -0.3 is 14.5 Å². The number of allylic oxidation sites excluding steroid dienone is 1. The molecule has 202 valence electrons. The largest absolute Gasteiger partial charge is 0.465 e. The van der Waals surface area contributed by atoms with Gasteiger partial charge in [0.2, 0.25) is 0 Å². The number of hydrogen-bond donors (Lipinski definition) is 0. The summed E-state index contributed by atoms with van der Waals surface area (Å²) in [5.41, 5.74) is 3.00. The van der Waals surface area contributed by atoms with Crippen molar-refractivity contribution in [3.05, 3.63) is 80.3 Å². The predicted molar refractivity (Wildman–Crippen MR) is 155 cm³/mol. The molecule has 2 aliphatic rings. The number of benzene rings is 2. The minimum Gasteiger partial charge on any atom is -0.465 e. The highest BCUT2D eigenvalue weighted by Gasteiger charge is 2.47. The molecule has 38 heavy (non-hydrogen) atoms. The maximum Gasteiger partial charge on any atom is 0.325 e. The zero-order valence-electron chi connectivity index (χ0n) is 22.3. The van der Waals surface area contributed by atoms with E-state index in [1.807, 2.05) is 62.4 Å². The van der Waals surface area contributed by atoms with Crippen molar-refractivity contribution >= 4 is 52.0 Å². The molecule has 4 rings (SSSR count). The van der Waals surface area contributed by atoms with Crippen molar-refractivity contribution in [3.8, 4) is 0 Å². The molecule has 0 saturated heterocycles. The molecule has 0 aliphatic carbocycles. The van der Waals surface area contributed by atoms with Crippen LogP contribution < -0.4 is 0 Å². The third-order valence-corrected chi connectivity index (χ3v) is 7.96. The lowest BCUT2D eigenvalue weighted by molar-refractivity contribution is -0.148. The number of ether oxygens (including phenoxy) is 1. The van der Waals surface area contributed by atoms with Crippen LogP contribution in [0.5, 0.6) is 0 Å². The van der Waals surface area contributed by atoms with Gasteiger partial charge in [0.05, 0.1) is 12.6 Å². The number of fused-ring (bicyclic) bond motifs is 1. The molecule has 0 fully saturated rings. The van der Waals surface area contributed by atoms with Gasteiger partial charge in [-0.05, 0) is 65.9 Å². The lowest BCUT2D eigenvalue weighted by Gasteiger charge is -2.32. The third kappa shape index (κ3) is 6.05. The zero-order valence-corrected chi connectivity index (χ0v) is 24.6. The molecule has 6 nitrogen and oxygen atoms in total. The van der Waals surface area contributed by atoms with Gasteiger partial charge in [-0.25, -0.2) is 0 Å². The van der Waals surface area contributed by atoms with Crippen LogP contribution in [-0.2, 0) is 14.3 Å². The first kappa shape index (κ1) is 28.5. The molecule has 0 aromatic heterocycles. The summed E-state index contributed by atoms with van der Waals surface area (Å²) in [6.45, 7) is 10.6. The Labute approximate surface area is 239 Å². The van der Waals surface area contributed by atoms with Crippen LogP contribution >= 0.6 is 35.0 Å². The third-order valence-electron chi connectivity index (χ3n) is 6.38. The number of amides is 1. The molecule has 9 heteroatoms. The number of hydrogen-bond acceptors (Lipinski definition) is 6. The van der Waals surface area contributed by atoms with E-state index in [4.69, 9.17) is 32.9 Å². The summed E-state index contributed by atoms with van der Waals surface area (Å²) < 4.78 is 5.16. The van der Waals surface area contributed by atoms with Crippen molar-refractivity contribution in [1.82, 2.24) is 9.80 Å². The number of nitrogens with zero attached hydrogens (tertiary/aromatic N) is 3. The fraction of sp³-hybridized carbons (Fsp3) is 0.414. The molecule has 2 aromatic carbocycles. The Morgan fingerprint density at radius 3 is 2.11 bits per heavy atom. The molecule has 0 radical (unpaired) electrons. The van der Waals surface area contributed by atoms with Gasteiger partial charge in [0.25, 0.3) is 5.91 Å². The number of amidine groups is 1. The highest BCUT2D eigenvalue weighted by Crippen LogP contribution is 2.53. The van der Waals surface area contributed by atoms with Crippen LogP contribution in [0.2, 0.25) is 10.0 Å². The maximum absolute atomic E-state index is 14.0. The number of esters is 1. The number of thioether (sulfide) groups is 1. The van der Waals surface area contributed by atoms with Gasteiger partial charge in [-0.15, -0.1) is 0 Å².